The van der Waals surface area contributed by atoms with Gasteiger partial charge in [-0.25, -0.2) is 14.0 Å². The summed E-state index contributed by atoms with van der Waals surface area (Å²) in [6.07, 6.45) is 1.34. The summed E-state index contributed by atoms with van der Waals surface area (Å²) in [6.45, 7) is 6.42. The summed E-state index contributed by atoms with van der Waals surface area (Å²) in [4.78, 5) is 39.0. The molecule has 2 amide bonds. The van der Waals surface area contributed by atoms with Crippen LogP contribution in [0.3, 0.4) is 0 Å². The van der Waals surface area contributed by atoms with Gasteiger partial charge in [-0.05, 0) is 25.0 Å². The average Bonchev–Trinajstić information content (AvgIpc) is 3.06. The Bertz CT molecular complexity index is 922. The number of carbonyl (C=O) groups is 3. The van der Waals surface area contributed by atoms with Crippen LogP contribution in [0.1, 0.15) is 30.9 Å². The van der Waals surface area contributed by atoms with Crippen LogP contribution < -0.4 is 10.6 Å². The van der Waals surface area contributed by atoms with E-state index >= 15 is 0 Å². The smallest absolute Gasteiger partial charge is 0.410 e. The standard InChI is InChI=1S/C22H26FN3O5/c1-3-14-9-22(14,20(28)30-4-2)25-19(27)18-8-15(10-24-18)31-21(29)26-11-13-6-5-7-17(23)16(13)12-26/h3,5-7,14-15,18,24H,1,4,8-12H2,2H3,(H,25,27)/t14?,15-,18+,22?/m1/s1. The highest BCUT2D eigenvalue weighted by atomic mass is 19.1. The molecule has 2 aliphatic heterocycles. The van der Waals surface area contributed by atoms with Crippen molar-refractivity contribution in [2.24, 2.45) is 5.92 Å². The molecule has 4 atom stereocenters. The fourth-order valence-electron chi connectivity index (χ4n) is 4.29. The van der Waals surface area contributed by atoms with Crippen molar-refractivity contribution in [2.75, 3.05) is 13.2 Å². The second-order valence-electron chi connectivity index (χ2n) is 8.16. The molecular weight excluding hydrogens is 405 g/mol. The second-order valence-corrected chi connectivity index (χ2v) is 8.16. The summed E-state index contributed by atoms with van der Waals surface area (Å²) >= 11 is 0. The number of rotatable bonds is 6. The zero-order chi connectivity index (χ0) is 22.2. The molecule has 1 saturated carbocycles. The van der Waals surface area contributed by atoms with Gasteiger partial charge in [0.2, 0.25) is 5.91 Å². The molecule has 4 rings (SSSR count). The number of fused-ring (bicyclic) bond motifs is 1. The fraction of sp³-hybridized carbons (Fsp3) is 0.500. The van der Waals surface area contributed by atoms with Crippen LogP contribution in [-0.4, -0.2) is 53.7 Å². The summed E-state index contributed by atoms with van der Waals surface area (Å²) < 4.78 is 24.5. The molecule has 9 heteroatoms. The van der Waals surface area contributed by atoms with E-state index in [-0.39, 0.29) is 37.2 Å². The SMILES string of the molecule is C=CC1CC1(NC(=O)[C@@H]1C[C@@H](OC(=O)N2Cc3cccc(F)c3C2)CN1)C(=O)OCC. The third-order valence-electron chi connectivity index (χ3n) is 6.14. The molecular formula is C22H26FN3O5. The highest BCUT2D eigenvalue weighted by molar-refractivity contribution is 5.93. The van der Waals surface area contributed by atoms with E-state index in [0.29, 0.717) is 25.1 Å². The number of halogens is 1. The Morgan fingerprint density at radius 2 is 2.19 bits per heavy atom. The molecule has 8 nitrogen and oxygen atoms in total. The first-order chi connectivity index (χ1) is 14.9. The summed E-state index contributed by atoms with van der Waals surface area (Å²) in [6, 6.07) is 4.19. The molecule has 2 heterocycles. The van der Waals surface area contributed by atoms with Gasteiger partial charge in [-0.3, -0.25) is 9.69 Å². The molecule has 2 N–H and O–H groups in total. The number of nitrogens with zero attached hydrogens (tertiary/aromatic N) is 1. The van der Waals surface area contributed by atoms with E-state index in [1.165, 1.54) is 11.0 Å². The third kappa shape index (κ3) is 4.01. The molecule has 2 fully saturated rings. The summed E-state index contributed by atoms with van der Waals surface area (Å²) in [5, 5.41) is 5.84. The normalized spacial score (nSPS) is 28.6. The predicted octanol–water partition coefficient (Wildman–Crippen LogP) is 1.63. The van der Waals surface area contributed by atoms with Gasteiger partial charge >= 0.3 is 12.1 Å². The zero-order valence-electron chi connectivity index (χ0n) is 17.4. The van der Waals surface area contributed by atoms with Crippen LogP contribution in [0.2, 0.25) is 0 Å². The van der Waals surface area contributed by atoms with E-state index in [1.54, 1.807) is 25.1 Å². The molecule has 0 radical (unpaired) electrons. The van der Waals surface area contributed by atoms with Crippen LogP contribution in [0.25, 0.3) is 0 Å². The van der Waals surface area contributed by atoms with E-state index in [2.05, 4.69) is 17.2 Å². The van der Waals surface area contributed by atoms with Gasteiger partial charge in [0.05, 0.1) is 19.2 Å². The average molecular weight is 431 g/mol. The van der Waals surface area contributed by atoms with Crippen LogP contribution in [0, 0.1) is 11.7 Å². The van der Waals surface area contributed by atoms with Crippen LogP contribution in [-0.2, 0) is 32.2 Å². The lowest BCUT2D eigenvalue weighted by atomic mass is 10.1. The number of amides is 2. The van der Waals surface area contributed by atoms with Crippen molar-refractivity contribution in [1.82, 2.24) is 15.5 Å². The number of esters is 1. The molecule has 0 bridgehead atoms. The molecule has 2 unspecified atom stereocenters. The van der Waals surface area contributed by atoms with Crippen molar-refractivity contribution >= 4 is 18.0 Å². The number of ether oxygens (including phenoxy) is 2. The Balaban J connectivity index is 1.30. The van der Waals surface area contributed by atoms with Crippen molar-refractivity contribution < 1.29 is 28.2 Å². The van der Waals surface area contributed by atoms with Crippen molar-refractivity contribution in [2.45, 2.75) is 50.5 Å². The Morgan fingerprint density at radius 3 is 2.87 bits per heavy atom. The van der Waals surface area contributed by atoms with Gasteiger partial charge < -0.3 is 20.1 Å². The van der Waals surface area contributed by atoms with Crippen molar-refractivity contribution in [3.05, 3.63) is 47.8 Å². The van der Waals surface area contributed by atoms with Gasteiger partial charge in [-0.1, -0.05) is 18.2 Å². The molecule has 1 saturated heterocycles. The van der Waals surface area contributed by atoms with E-state index in [4.69, 9.17) is 9.47 Å². The van der Waals surface area contributed by atoms with Gasteiger partial charge in [-0.15, -0.1) is 6.58 Å². The molecule has 31 heavy (non-hydrogen) atoms. The first kappa shape index (κ1) is 21.3. The first-order valence-electron chi connectivity index (χ1n) is 10.4. The molecule has 0 spiro atoms. The second kappa shape index (κ2) is 8.30. The molecule has 1 aromatic carbocycles. The highest BCUT2D eigenvalue weighted by Crippen LogP contribution is 2.45. The van der Waals surface area contributed by atoms with E-state index in [1.807, 2.05) is 0 Å². The number of nitrogens with one attached hydrogen (secondary N) is 2. The molecule has 1 aromatic rings. The Morgan fingerprint density at radius 1 is 1.39 bits per heavy atom. The number of carbonyl (C=O) groups excluding carboxylic acids is 3. The highest BCUT2D eigenvalue weighted by Gasteiger charge is 2.61. The van der Waals surface area contributed by atoms with Gasteiger partial charge in [0.1, 0.15) is 17.5 Å². The van der Waals surface area contributed by atoms with Crippen molar-refractivity contribution in [1.29, 1.82) is 0 Å². The summed E-state index contributed by atoms with van der Waals surface area (Å²) in [7, 11) is 0. The topological polar surface area (TPSA) is 97.0 Å². The van der Waals surface area contributed by atoms with E-state index in [9.17, 15) is 18.8 Å². The van der Waals surface area contributed by atoms with Crippen LogP contribution in [0.5, 0.6) is 0 Å². The van der Waals surface area contributed by atoms with E-state index in [0.717, 1.165) is 5.56 Å². The number of benzene rings is 1. The van der Waals surface area contributed by atoms with Gasteiger partial charge in [0.15, 0.2) is 0 Å². The lowest BCUT2D eigenvalue weighted by Crippen LogP contribution is -2.51. The lowest BCUT2D eigenvalue weighted by molar-refractivity contribution is -0.149. The minimum absolute atomic E-state index is 0.163. The zero-order valence-corrected chi connectivity index (χ0v) is 17.4. The van der Waals surface area contributed by atoms with Gasteiger partial charge in [0.25, 0.3) is 0 Å². The van der Waals surface area contributed by atoms with Crippen molar-refractivity contribution in [3.63, 3.8) is 0 Å². The molecule has 0 aromatic heterocycles. The molecule has 1 aliphatic carbocycles. The summed E-state index contributed by atoms with van der Waals surface area (Å²) in [5.41, 5.74) is 0.215. The van der Waals surface area contributed by atoms with Gasteiger partial charge in [-0.2, -0.15) is 0 Å². The summed E-state index contributed by atoms with van der Waals surface area (Å²) in [5.74, 6) is -1.30. The Kier molecular flexibility index (Phi) is 5.70. The molecule has 3 aliphatic rings. The third-order valence-corrected chi connectivity index (χ3v) is 6.14. The van der Waals surface area contributed by atoms with Crippen molar-refractivity contribution in [3.8, 4) is 0 Å². The quantitative estimate of drug-likeness (QED) is 0.525. The predicted molar refractivity (Wildman–Crippen MR) is 108 cm³/mol. The lowest BCUT2D eigenvalue weighted by Gasteiger charge is -2.20. The van der Waals surface area contributed by atoms with Crippen LogP contribution >= 0.6 is 0 Å². The maximum atomic E-state index is 13.9. The van der Waals surface area contributed by atoms with Crippen LogP contribution in [0.4, 0.5) is 9.18 Å². The van der Waals surface area contributed by atoms with E-state index < -0.39 is 29.7 Å². The Hall–Kier alpha value is -2.94. The number of hydrogen-bond donors (Lipinski definition) is 2. The first-order valence-corrected chi connectivity index (χ1v) is 10.4. The Labute approximate surface area is 179 Å². The monoisotopic (exact) mass is 431 g/mol. The largest absolute Gasteiger partial charge is 0.464 e. The molecule has 166 valence electrons. The maximum absolute atomic E-state index is 13.9. The van der Waals surface area contributed by atoms with Crippen LogP contribution in [0.15, 0.2) is 30.9 Å². The minimum atomic E-state index is -1.06. The minimum Gasteiger partial charge on any atom is -0.464 e. The maximum Gasteiger partial charge on any atom is 0.410 e. The number of hydrogen-bond acceptors (Lipinski definition) is 6. The van der Waals surface area contributed by atoms with Gasteiger partial charge in [0, 0.05) is 31.0 Å². The fourth-order valence-corrected chi connectivity index (χ4v) is 4.29.